The van der Waals surface area contributed by atoms with Gasteiger partial charge in [-0.3, -0.25) is 0 Å². The van der Waals surface area contributed by atoms with Crippen LogP contribution >= 0.6 is 0 Å². The average molecular weight is 202 g/mol. The van der Waals surface area contributed by atoms with Crippen molar-refractivity contribution in [3.63, 3.8) is 0 Å². The largest absolute Gasteiger partial charge is 0.103 e. The van der Waals surface area contributed by atoms with Crippen LogP contribution in [0, 0.1) is 5.92 Å². The average Bonchev–Trinajstić information content (AvgIpc) is 2.67. The molecule has 0 heteroatoms. The first-order valence-corrected chi connectivity index (χ1v) is 5.97. The monoisotopic (exact) mass is 202 g/mol. The fraction of sp³-hybridized carbons (Fsp3) is 0.467. The summed E-state index contributed by atoms with van der Waals surface area (Å²) in [6, 6.07) is 0. The van der Waals surface area contributed by atoms with Crippen LogP contribution in [0.15, 0.2) is 49.1 Å². The molecule has 0 spiro atoms. The molecule has 0 aromatic carbocycles. The Morgan fingerprint density at radius 3 is 2.60 bits per heavy atom. The lowest BCUT2D eigenvalue weighted by Crippen LogP contribution is -1.88. The molecule has 1 aliphatic rings. The van der Waals surface area contributed by atoms with E-state index in [1.54, 1.807) is 0 Å². The Bertz CT molecular complexity index is 255. The Balaban J connectivity index is 2.19. The molecule has 1 unspecified atom stereocenters. The predicted octanol–water partition coefficient (Wildman–Crippen LogP) is 4.81. The topological polar surface area (TPSA) is 0 Å². The Kier molecular flexibility index (Phi) is 5.84. The zero-order valence-electron chi connectivity index (χ0n) is 9.62. The summed E-state index contributed by atoms with van der Waals surface area (Å²) in [6.45, 7) is 7.49. The lowest BCUT2D eigenvalue weighted by atomic mass is 10.0. The molecule has 0 bridgehead atoms. The highest BCUT2D eigenvalue weighted by molar-refractivity contribution is 5.28. The van der Waals surface area contributed by atoms with Gasteiger partial charge in [-0.05, 0) is 44.4 Å². The summed E-state index contributed by atoms with van der Waals surface area (Å²) in [4.78, 5) is 0. The number of rotatable bonds is 8. The molecule has 0 fully saturated rings. The molecule has 0 aliphatic heterocycles. The van der Waals surface area contributed by atoms with Crippen molar-refractivity contribution in [1.82, 2.24) is 0 Å². The third kappa shape index (κ3) is 4.83. The van der Waals surface area contributed by atoms with E-state index in [2.05, 4.69) is 31.4 Å². The van der Waals surface area contributed by atoms with E-state index in [0.29, 0.717) is 5.92 Å². The van der Waals surface area contributed by atoms with Gasteiger partial charge in [0.25, 0.3) is 0 Å². The standard InChI is InChI=1S/C15H22/c1-3-5-7-9-14-11-12-15(13-14)10-8-6-4-2/h3-4,11-14H,1-2,5-10H2. The molecule has 1 rings (SSSR count). The van der Waals surface area contributed by atoms with E-state index >= 15 is 0 Å². The molecule has 1 aliphatic carbocycles. The van der Waals surface area contributed by atoms with Crippen molar-refractivity contribution in [2.24, 2.45) is 5.92 Å². The minimum Gasteiger partial charge on any atom is -0.103 e. The lowest BCUT2D eigenvalue weighted by Gasteiger charge is -2.02. The van der Waals surface area contributed by atoms with Gasteiger partial charge >= 0.3 is 0 Å². The van der Waals surface area contributed by atoms with Crippen LogP contribution in [0.5, 0.6) is 0 Å². The van der Waals surface area contributed by atoms with E-state index in [4.69, 9.17) is 0 Å². The zero-order valence-corrected chi connectivity index (χ0v) is 9.62. The van der Waals surface area contributed by atoms with Gasteiger partial charge in [-0.15, -0.1) is 13.2 Å². The minimum atomic E-state index is 0.684. The van der Waals surface area contributed by atoms with Crippen LogP contribution in [-0.4, -0.2) is 0 Å². The normalized spacial score (nSPS) is 18.9. The van der Waals surface area contributed by atoms with Crippen LogP contribution < -0.4 is 0 Å². The highest BCUT2D eigenvalue weighted by Crippen LogP contribution is 2.24. The molecule has 0 nitrogen and oxygen atoms in total. The van der Waals surface area contributed by atoms with Gasteiger partial charge < -0.3 is 0 Å². The van der Waals surface area contributed by atoms with E-state index < -0.39 is 0 Å². The summed E-state index contributed by atoms with van der Waals surface area (Å²) >= 11 is 0. The van der Waals surface area contributed by atoms with Gasteiger partial charge in [0.1, 0.15) is 0 Å². The molecule has 82 valence electrons. The number of hydrogen-bond donors (Lipinski definition) is 0. The number of hydrogen-bond acceptors (Lipinski definition) is 0. The molecule has 1 atom stereocenters. The second-order valence-electron chi connectivity index (χ2n) is 4.17. The van der Waals surface area contributed by atoms with Crippen LogP contribution in [0.25, 0.3) is 0 Å². The van der Waals surface area contributed by atoms with E-state index in [1.807, 2.05) is 12.2 Å². The summed E-state index contributed by atoms with van der Waals surface area (Å²) in [5.74, 6) is 0.684. The Labute approximate surface area is 94.1 Å². The highest BCUT2D eigenvalue weighted by atomic mass is 14.1. The van der Waals surface area contributed by atoms with Crippen molar-refractivity contribution in [2.75, 3.05) is 0 Å². The molecular formula is C15H22. The third-order valence-electron chi connectivity index (χ3n) is 2.81. The van der Waals surface area contributed by atoms with Crippen LogP contribution in [0.2, 0.25) is 0 Å². The molecule has 0 amide bonds. The summed E-state index contributed by atoms with van der Waals surface area (Å²) in [5.41, 5.74) is 1.51. The first-order chi connectivity index (χ1) is 7.36. The quantitative estimate of drug-likeness (QED) is 0.391. The molecule has 0 N–H and O–H groups in total. The van der Waals surface area contributed by atoms with Crippen molar-refractivity contribution in [3.8, 4) is 0 Å². The van der Waals surface area contributed by atoms with Crippen LogP contribution in [0.4, 0.5) is 0 Å². The van der Waals surface area contributed by atoms with Gasteiger partial charge in [0.05, 0.1) is 0 Å². The maximum absolute atomic E-state index is 3.75. The molecule has 15 heavy (non-hydrogen) atoms. The predicted molar refractivity (Wildman–Crippen MR) is 68.8 cm³/mol. The summed E-state index contributed by atoms with van der Waals surface area (Å²) in [7, 11) is 0. The van der Waals surface area contributed by atoms with Crippen molar-refractivity contribution < 1.29 is 0 Å². The Hall–Kier alpha value is -1.04. The van der Waals surface area contributed by atoms with Gasteiger partial charge in [0.15, 0.2) is 0 Å². The van der Waals surface area contributed by atoms with Crippen LogP contribution in [-0.2, 0) is 0 Å². The number of unbranched alkanes of at least 4 members (excludes halogenated alkanes) is 2. The minimum absolute atomic E-state index is 0.684. The third-order valence-corrected chi connectivity index (χ3v) is 2.81. The molecular weight excluding hydrogens is 180 g/mol. The number of allylic oxidation sites excluding steroid dienone is 6. The highest BCUT2D eigenvalue weighted by Gasteiger charge is 2.08. The fourth-order valence-electron chi connectivity index (χ4n) is 1.93. The molecule has 0 aromatic heterocycles. The zero-order chi connectivity index (χ0) is 10.9. The fourth-order valence-corrected chi connectivity index (χ4v) is 1.93. The second-order valence-corrected chi connectivity index (χ2v) is 4.17. The maximum Gasteiger partial charge on any atom is -0.00444 e. The van der Waals surface area contributed by atoms with Crippen LogP contribution in [0.3, 0.4) is 0 Å². The summed E-state index contributed by atoms with van der Waals surface area (Å²) in [6.07, 6.45) is 18.3. The summed E-state index contributed by atoms with van der Waals surface area (Å²) in [5, 5.41) is 0. The molecule has 0 heterocycles. The second kappa shape index (κ2) is 7.28. The van der Waals surface area contributed by atoms with Crippen LogP contribution in [0.1, 0.15) is 38.5 Å². The SMILES string of the molecule is C=CCCCC1=CC(CCCC=C)C=C1. The summed E-state index contributed by atoms with van der Waals surface area (Å²) < 4.78 is 0. The molecule has 0 saturated heterocycles. The van der Waals surface area contributed by atoms with Gasteiger partial charge in [0, 0.05) is 0 Å². The van der Waals surface area contributed by atoms with Gasteiger partial charge in [-0.25, -0.2) is 0 Å². The Morgan fingerprint density at radius 1 is 1.13 bits per heavy atom. The van der Waals surface area contributed by atoms with Gasteiger partial charge in [0.2, 0.25) is 0 Å². The smallest absolute Gasteiger partial charge is 0.00444 e. The van der Waals surface area contributed by atoms with Crippen molar-refractivity contribution in [2.45, 2.75) is 38.5 Å². The van der Waals surface area contributed by atoms with E-state index in [9.17, 15) is 0 Å². The molecule has 0 radical (unpaired) electrons. The van der Waals surface area contributed by atoms with E-state index in [1.165, 1.54) is 31.3 Å². The van der Waals surface area contributed by atoms with E-state index in [0.717, 1.165) is 12.8 Å². The lowest BCUT2D eigenvalue weighted by molar-refractivity contribution is 0.665. The first kappa shape index (κ1) is 12.0. The molecule has 0 aromatic rings. The van der Waals surface area contributed by atoms with Crippen molar-refractivity contribution in [1.29, 1.82) is 0 Å². The first-order valence-electron chi connectivity index (χ1n) is 5.97. The Morgan fingerprint density at radius 2 is 1.87 bits per heavy atom. The van der Waals surface area contributed by atoms with Gasteiger partial charge in [-0.1, -0.05) is 36.0 Å². The van der Waals surface area contributed by atoms with Crippen molar-refractivity contribution >= 4 is 0 Å². The maximum atomic E-state index is 3.75. The molecule has 0 saturated carbocycles. The van der Waals surface area contributed by atoms with E-state index in [-0.39, 0.29) is 0 Å². The van der Waals surface area contributed by atoms with Gasteiger partial charge in [-0.2, -0.15) is 0 Å². The van der Waals surface area contributed by atoms with Crippen molar-refractivity contribution in [3.05, 3.63) is 49.1 Å².